The molecule has 1 aromatic heterocycles. The molecule has 0 saturated carbocycles. The van der Waals surface area contributed by atoms with E-state index in [-0.39, 0.29) is 5.82 Å². The van der Waals surface area contributed by atoms with Crippen LogP contribution < -0.4 is 10.1 Å². The van der Waals surface area contributed by atoms with Crippen molar-refractivity contribution in [3.05, 3.63) is 48.5 Å². The summed E-state index contributed by atoms with van der Waals surface area (Å²) in [6.45, 7) is 3.27. The van der Waals surface area contributed by atoms with Crippen molar-refractivity contribution in [3.8, 4) is 5.75 Å². The Labute approximate surface area is 112 Å². The lowest BCUT2D eigenvalue weighted by Gasteiger charge is -2.07. The van der Waals surface area contributed by atoms with Crippen LogP contribution in [0.3, 0.4) is 0 Å². The van der Waals surface area contributed by atoms with E-state index in [1.54, 1.807) is 18.3 Å². The number of halogens is 1. The Bertz CT molecular complexity index is 456. The van der Waals surface area contributed by atoms with Crippen LogP contribution in [0.2, 0.25) is 0 Å². The number of hydrogen-bond acceptors (Lipinski definition) is 3. The van der Waals surface area contributed by atoms with Crippen LogP contribution in [0.1, 0.15) is 6.42 Å². The van der Waals surface area contributed by atoms with E-state index in [1.807, 2.05) is 16.9 Å². The smallest absolute Gasteiger partial charge is 0.123 e. The Balaban J connectivity index is 1.49. The largest absolute Gasteiger partial charge is 0.494 e. The zero-order chi connectivity index (χ0) is 13.3. The van der Waals surface area contributed by atoms with Gasteiger partial charge in [-0.1, -0.05) is 0 Å². The molecule has 2 aromatic rings. The molecule has 0 fully saturated rings. The molecule has 5 heteroatoms. The number of nitrogens with one attached hydrogen (secondary N) is 1. The van der Waals surface area contributed by atoms with Gasteiger partial charge in [0, 0.05) is 18.9 Å². The molecule has 0 spiro atoms. The maximum absolute atomic E-state index is 12.7. The second kappa shape index (κ2) is 7.53. The maximum Gasteiger partial charge on any atom is 0.123 e. The zero-order valence-corrected chi connectivity index (χ0v) is 10.8. The maximum atomic E-state index is 12.7. The number of nitrogens with zero attached hydrogens (tertiary/aromatic N) is 2. The minimum absolute atomic E-state index is 0.243. The van der Waals surface area contributed by atoms with E-state index in [4.69, 9.17) is 4.74 Å². The highest BCUT2D eigenvalue weighted by molar-refractivity contribution is 5.21. The van der Waals surface area contributed by atoms with Gasteiger partial charge < -0.3 is 10.1 Å². The fraction of sp³-hybridized carbons (Fsp3) is 0.357. The Morgan fingerprint density at radius 3 is 2.79 bits per heavy atom. The zero-order valence-electron chi connectivity index (χ0n) is 10.8. The fourth-order valence-electron chi connectivity index (χ4n) is 1.67. The van der Waals surface area contributed by atoms with E-state index >= 15 is 0 Å². The molecular formula is C14H18FN3O. The van der Waals surface area contributed by atoms with Crippen LogP contribution in [-0.4, -0.2) is 29.5 Å². The van der Waals surface area contributed by atoms with Crippen molar-refractivity contribution in [3.63, 3.8) is 0 Å². The first-order valence-electron chi connectivity index (χ1n) is 6.41. The van der Waals surface area contributed by atoms with Crippen molar-refractivity contribution in [1.29, 1.82) is 0 Å². The SMILES string of the molecule is Fc1ccc(OCCCNCCn2cccn2)cc1. The van der Waals surface area contributed by atoms with Crippen molar-refractivity contribution in [2.45, 2.75) is 13.0 Å². The predicted molar refractivity (Wildman–Crippen MR) is 71.6 cm³/mol. The Kier molecular flexibility index (Phi) is 5.37. The molecule has 2 rings (SSSR count). The van der Waals surface area contributed by atoms with Gasteiger partial charge in [-0.05, 0) is 43.3 Å². The summed E-state index contributed by atoms with van der Waals surface area (Å²) in [5, 5.41) is 7.44. The summed E-state index contributed by atoms with van der Waals surface area (Å²) in [4.78, 5) is 0. The molecule has 0 saturated heterocycles. The van der Waals surface area contributed by atoms with Gasteiger partial charge in [0.1, 0.15) is 11.6 Å². The van der Waals surface area contributed by atoms with Gasteiger partial charge >= 0.3 is 0 Å². The Morgan fingerprint density at radius 1 is 1.21 bits per heavy atom. The summed E-state index contributed by atoms with van der Waals surface area (Å²) in [5.41, 5.74) is 0. The molecule has 0 atom stereocenters. The summed E-state index contributed by atoms with van der Waals surface area (Å²) >= 11 is 0. The summed E-state index contributed by atoms with van der Waals surface area (Å²) in [6.07, 6.45) is 4.63. The molecule has 0 amide bonds. The molecule has 19 heavy (non-hydrogen) atoms. The number of hydrogen-bond donors (Lipinski definition) is 1. The van der Waals surface area contributed by atoms with E-state index in [0.717, 1.165) is 26.1 Å². The fourth-order valence-corrected chi connectivity index (χ4v) is 1.67. The van der Waals surface area contributed by atoms with Crippen LogP contribution in [0.25, 0.3) is 0 Å². The number of ether oxygens (including phenoxy) is 1. The van der Waals surface area contributed by atoms with E-state index in [0.29, 0.717) is 12.4 Å². The number of rotatable bonds is 8. The second-order valence-corrected chi connectivity index (χ2v) is 4.18. The third kappa shape index (κ3) is 5.09. The molecule has 0 aliphatic rings. The average Bonchev–Trinajstić information content (AvgIpc) is 2.93. The third-order valence-corrected chi connectivity index (χ3v) is 2.66. The first-order valence-corrected chi connectivity index (χ1v) is 6.41. The molecule has 102 valence electrons. The van der Waals surface area contributed by atoms with Gasteiger partial charge in [-0.3, -0.25) is 4.68 Å². The van der Waals surface area contributed by atoms with Gasteiger partial charge in [0.2, 0.25) is 0 Å². The normalized spacial score (nSPS) is 10.6. The second-order valence-electron chi connectivity index (χ2n) is 4.18. The van der Waals surface area contributed by atoms with Gasteiger partial charge in [-0.15, -0.1) is 0 Å². The molecule has 1 N–H and O–H groups in total. The van der Waals surface area contributed by atoms with Crippen molar-refractivity contribution in [2.75, 3.05) is 19.7 Å². The molecule has 4 nitrogen and oxygen atoms in total. The Hall–Kier alpha value is -1.88. The standard InChI is InChI=1S/C14H18FN3O/c15-13-3-5-14(6-4-13)19-12-2-7-16-9-11-18-10-1-8-17-18/h1,3-6,8,10,16H,2,7,9,11-12H2. The molecular weight excluding hydrogens is 245 g/mol. The lowest BCUT2D eigenvalue weighted by molar-refractivity contribution is 0.307. The van der Waals surface area contributed by atoms with Gasteiger partial charge in [0.05, 0.1) is 13.2 Å². The van der Waals surface area contributed by atoms with Gasteiger partial charge in [-0.2, -0.15) is 5.10 Å². The summed E-state index contributed by atoms with van der Waals surface area (Å²) in [7, 11) is 0. The molecule has 0 aliphatic carbocycles. The first-order chi connectivity index (χ1) is 9.34. The van der Waals surface area contributed by atoms with Crippen molar-refractivity contribution < 1.29 is 9.13 Å². The van der Waals surface area contributed by atoms with Gasteiger partial charge in [0.25, 0.3) is 0 Å². The summed E-state index contributed by atoms with van der Waals surface area (Å²) in [6, 6.07) is 7.99. The molecule has 0 radical (unpaired) electrons. The molecule has 0 aliphatic heterocycles. The van der Waals surface area contributed by atoms with Gasteiger partial charge in [0.15, 0.2) is 0 Å². The first kappa shape index (κ1) is 13.5. The lowest BCUT2D eigenvalue weighted by Crippen LogP contribution is -2.22. The van der Waals surface area contributed by atoms with Crippen LogP contribution in [0.15, 0.2) is 42.7 Å². The summed E-state index contributed by atoms with van der Waals surface area (Å²) in [5.74, 6) is 0.463. The number of benzene rings is 1. The van der Waals surface area contributed by atoms with Crippen LogP contribution in [0, 0.1) is 5.82 Å². The topological polar surface area (TPSA) is 39.1 Å². The van der Waals surface area contributed by atoms with E-state index < -0.39 is 0 Å². The van der Waals surface area contributed by atoms with Crippen molar-refractivity contribution in [1.82, 2.24) is 15.1 Å². The Morgan fingerprint density at radius 2 is 2.05 bits per heavy atom. The van der Waals surface area contributed by atoms with Crippen LogP contribution in [-0.2, 0) is 6.54 Å². The highest BCUT2D eigenvalue weighted by Gasteiger charge is 1.95. The minimum atomic E-state index is -0.243. The van der Waals surface area contributed by atoms with Crippen LogP contribution >= 0.6 is 0 Å². The molecule has 1 aromatic carbocycles. The molecule has 1 heterocycles. The minimum Gasteiger partial charge on any atom is -0.494 e. The molecule has 0 bridgehead atoms. The molecule has 0 unspecified atom stereocenters. The monoisotopic (exact) mass is 263 g/mol. The predicted octanol–water partition coefficient (Wildman–Crippen LogP) is 2.08. The van der Waals surface area contributed by atoms with Crippen molar-refractivity contribution >= 4 is 0 Å². The highest BCUT2D eigenvalue weighted by atomic mass is 19.1. The number of aromatic nitrogens is 2. The van der Waals surface area contributed by atoms with Gasteiger partial charge in [-0.25, -0.2) is 4.39 Å². The lowest BCUT2D eigenvalue weighted by atomic mass is 10.3. The highest BCUT2D eigenvalue weighted by Crippen LogP contribution is 2.10. The van der Waals surface area contributed by atoms with Crippen molar-refractivity contribution in [2.24, 2.45) is 0 Å². The van der Waals surface area contributed by atoms with Crippen LogP contribution in [0.5, 0.6) is 5.75 Å². The third-order valence-electron chi connectivity index (χ3n) is 2.66. The van der Waals surface area contributed by atoms with E-state index in [9.17, 15) is 4.39 Å². The summed E-state index contributed by atoms with van der Waals surface area (Å²) < 4.78 is 20.0. The van der Waals surface area contributed by atoms with E-state index in [1.165, 1.54) is 12.1 Å². The van der Waals surface area contributed by atoms with E-state index in [2.05, 4.69) is 10.4 Å². The average molecular weight is 263 g/mol. The van der Waals surface area contributed by atoms with Crippen LogP contribution in [0.4, 0.5) is 4.39 Å². The quantitative estimate of drug-likeness (QED) is 0.741.